The van der Waals surface area contributed by atoms with Crippen molar-refractivity contribution in [3.63, 3.8) is 0 Å². The normalized spacial score (nSPS) is 11.0. The van der Waals surface area contributed by atoms with Crippen molar-refractivity contribution in [3.8, 4) is 17.2 Å². The third-order valence-electron chi connectivity index (χ3n) is 3.74. The van der Waals surface area contributed by atoms with Crippen LogP contribution < -0.4 is 24.8 Å². The zero-order valence-corrected chi connectivity index (χ0v) is 15.6. The van der Waals surface area contributed by atoms with Crippen LogP contribution in [0.5, 0.6) is 17.2 Å². The summed E-state index contributed by atoms with van der Waals surface area (Å²) in [5.41, 5.74) is 1.13. The summed E-state index contributed by atoms with van der Waals surface area (Å²) < 4.78 is 16.1. The van der Waals surface area contributed by atoms with E-state index in [1.54, 1.807) is 21.3 Å². The van der Waals surface area contributed by atoms with Gasteiger partial charge in [-0.25, -0.2) is 0 Å². The number of rotatable bonds is 9. The molecule has 6 nitrogen and oxygen atoms in total. The lowest BCUT2D eigenvalue weighted by atomic mass is 10.2. The van der Waals surface area contributed by atoms with Crippen molar-refractivity contribution in [3.05, 3.63) is 54.1 Å². The summed E-state index contributed by atoms with van der Waals surface area (Å²) in [7, 11) is 5.07. The van der Waals surface area contributed by atoms with Crippen molar-refractivity contribution in [2.45, 2.75) is 13.0 Å². The van der Waals surface area contributed by atoms with Crippen molar-refractivity contribution < 1.29 is 14.2 Å². The maximum atomic E-state index is 5.72. The molecule has 0 radical (unpaired) electrons. The van der Waals surface area contributed by atoms with Gasteiger partial charge in [0, 0.05) is 26.2 Å². The summed E-state index contributed by atoms with van der Waals surface area (Å²) in [6.45, 7) is 2.06. The highest BCUT2D eigenvalue weighted by molar-refractivity contribution is 5.79. The minimum absolute atomic E-state index is 0.618. The summed E-state index contributed by atoms with van der Waals surface area (Å²) in [5.74, 6) is 3.21. The smallest absolute Gasteiger partial charge is 0.191 e. The van der Waals surface area contributed by atoms with Gasteiger partial charge < -0.3 is 24.8 Å². The van der Waals surface area contributed by atoms with E-state index in [0.717, 1.165) is 41.7 Å². The largest absolute Gasteiger partial charge is 0.497 e. The maximum Gasteiger partial charge on any atom is 0.191 e. The topological polar surface area (TPSA) is 64.1 Å². The monoisotopic (exact) mass is 357 g/mol. The molecule has 2 rings (SSSR count). The van der Waals surface area contributed by atoms with Gasteiger partial charge >= 0.3 is 0 Å². The van der Waals surface area contributed by atoms with E-state index in [0.29, 0.717) is 13.2 Å². The second kappa shape index (κ2) is 10.9. The molecule has 0 unspecified atom stereocenters. The van der Waals surface area contributed by atoms with Crippen LogP contribution >= 0.6 is 0 Å². The lowest BCUT2D eigenvalue weighted by Crippen LogP contribution is -2.37. The summed E-state index contributed by atoms with van der Waals surface area (Å²) in [4.78, 5) is 4.23. The Morgan fingerprint density at radius 2 is 1.62 bits per heavy atom. The summed E-state index contributed by atoms with van der Waals surface area (Å²) in [5, 5.41) is 6.57. The number of methoxy groups -OCH3 is 2. The van der Waals surface area contributed by atoms with Gasteiger partial charge in [-0.2, -0.15) is 0 Å². The highest BCUT2D eigenvalue weighted by atomic mass is 16.5. The Balaban J connectivity index is 1.66. The predicted molar refractivity (Wildman–Crippen MR) is 104 cm³/mol. The first-order chi connectivity index (χ1) is 12.7. The Bertz CT molecular complexity index is 704. The molecule has 26 heavy (non-hydrogen) atoms. The molecule has 0 aliphatic rings. The number of benzene rings is 2. The van der Waals surface area contributed by atoms with Gasteiger partial charge in [0.15, 0.2) is 5.96 Å². The van der Waals surface area contributed by atoms with Gasteiger partial charge in [-0.1, -0.05) is 18.2 Å². The third kappa shape index (κ3) is 6.55. The van der Waals surface area contributed by atoms with Crippen molar-refractivity contribution >= 4 is 5.96 Å². The van der Waals surface area contributed by atoms with E-state index in [1.165, 1.54) is 0 Å². The van der Waals surface area contributed by atoms with Crippen LogP contribution in [-0.4, -0.2) is 40.4 Å². The van der Waals surface area contributed by atoms with Gasteiger partial charge in [0.25, 0.3) is 0 Å². The lowest BCUT2D eigenvalue weighted by Gasteiger charge is -2.13. The first-order valence-electron chi connectivity index (χ1n) is 8.59. The highest BCUT2D eigenvalue weighted by Crippen LogP contribution is 2.18. The average molecular weight is 357 g/mol. The number of nitrogens with one attached hydrogen (secondary N) is 2. The molecule has 0 aliphatic heterocycles. The van der Waals surface area contributed by atoms with E-state index in [9.17, 15) is 0 Å². The molecule has 0 saturated heterocycles. The molecule has 2 aromatic rings. The van der Waals surface area contributed by atoms with Crippen LogP contribution in [0.25, 0.3) is 0 Å². The summed E-state index contributed by atoms with van der Waals surface area (Å²) in [6.07, 6.45) is 0.858. The molecule has 0 amide bonds. The lowest BCUT2D eigenvalue weighted by molar-refractivity contribution is 0.308. The molecule has 0 bridgehead atoms. The number of ether oxygens (including phenoxy) is 3. The van der Waals surface area contributed by atoms with Gasteiger partial charge in [0.1, 0.15) is 17.2 Å². The van der Waals surface area contributed by atoms with Crippen molar-refractivity contribution in [1.82, 2.24) is 10.6 Å². The number of aliphatic imine (C=N–C) groups is 1. The molecule has 6 heteroatoms. The molecule has 0 heterocycles. The minimum Gasteiger partial charge on any atom is -0.497 e. The second-order valence-electron chi connectivity index (χ2n) is 5.59. The standard InChI is InChI=1S/C20H27N3O3/c1-21-20(23-15-16-7-4-8-17(13-16)24-2)22-11-6-12-26-19-10-5-9-18(14-19)25-3/h4-5,7-10,13-14H,6,11-12,15H2,1-3H3,(H2,21,22,23). The van der Waals surface area contributed by atoms with Crippen LogP contribution in [0.2, 0.25) is 0 Å². The maximum absolute atomic E-state index is 5.72. The van der Waals surface area contributed by atoms with E-state index in [4.69, 9.17) is 14.2 Å². The molecule has 0 atom stereocenters. The fourth-order valence-corrected chi connectivity index (χ4v) is 2.35. The van der Waals surface area contributed by atoms with E-state index in [-0.39, 0.29) is 0 Å². The molecule has 0 spiro atoms. The van der Waals surface area contributed by atoms with E-state index < -0.39 is 0 Å². The first-order valence-corrected chi connectivity index (χ1v) is 8.59. The number of hydrogen-bond acceptors (Lipinski definition) is 4. The average Bonchev–Trinajstić information content (AvgIpc) is 2.70. The van der Waals surface area contributed by atoms with E-state index in [1.807, 2.05) is 48.5 Å². The Morgan fingerprint density at radius 1 is 0.923 bits per heavy atom. The fourth-order valence-electron chi connectivity index (χ4n) is 2.35. The third-order valence-corrected chi connectivity index (χ3v) is 3.74. The minimum atomic E-state index is 0.618. The van der Waals surface area contributed by atoms with Crippen LogP contribution in [0.3, 0.4) is 0 Å². The van der Waals surface area contributed by atoms with E-state index >= 15 is 0 Å². The zero-order valence-electron chi connectivity index (χ0n) is 15.6. The van der Waals surface area contributed by atoms with Crippen LogP contribution in [0.15, 0.2) is 53.5 Å². The number of guanidine groups is 1. The molecular formula is C20H27N3O3. The first kappa shape index (κ1) is 19.4. The molecule has 2 N–H and O–H groups in total. The summed E-state index contributed by atoms with van der Waals surface area (Å²) in [6, 6.07) is 15.6. The molecular weight excluding hydrogens is 330 g/mol. The van der Waals surface area contributed by atoms with Crippen LogP contribution in [0.1, 0.15) is 12.0 Å². The molecule has 0 fully saturated rings. The number of nitrogens with zero attached hydrogens (tertiary/aromatic N) is 1. The van der Waals surface area contributed by atoms with Gasteiger partial charge in [-0.15, -0.1) is 0 Å². The summed E-state index contributed by atoms with van der Waals surface area (Å²) >= 11 is 0. The Hall–Kier alpha value is -2.89. The molecule has 2 aromatic carbocycles. The van der Waals surface area contributed by atoms with E-state index in [2.05, 4.69) is 15.6 Å². The van der Waals surface area contributed by atoms with Crippen molar-refractivity contribution in [2.24, 2.45) is 4.99 Å². The molecule has 0 saturated carbocycles. The van der Waals surface area contributed by atoms with Gasteiger partial charge in [-0.3, -0.25) is 4.99 Å². The van der Waals surface area contributed by atoms with Crippen LogP contribution in [0.4, 0.5) is 0 Å². The second-order valence-corrected chi connectivity index (χ2v) is 5.59. The van der Waals surface area contributed by atoms with Crippen molar-refractivity contribution in [2.75, 3.05) is 34.4 Å². The number of hydrogen-bond donors (Lipinski definition) is 2. The Kier molecular flexibility index (Phi) is 8.12. The quantitative estimate of drug-likeness (QED) is 0.410. The molecule has 0 aromatic heterocycles. The molecule has 0 aliphatic carbocycles. The predicted octanol–water partition coefficient (Wildman–Crippen LogP) is 2.84. The Labute approximate surface area is 155 Å². The van der Waals surface area contributed by atoms with Crippen LogP contribution in [-0.2, 0) is 6.54 Å². The SMILES string of the molecule is CN=C(NCCCOc1cccc(OC)c1)NCc1cccc(OC)c1. The fraction of sp³-hybridized carbons (Fsp3) is 0.350. The highest BCUT2D eigenvalue weighted by Gasteiger charge is 2.00. The zero-order chi connectivity index (χ0) is 18.6. The Morgan fingerprint density at radius 3 is 2.35 bits per heavy atom. The van der Waals surface area contributed by atoms with Gasteiger partial charge in [-0.05, 0) is 36.2 Å². The molecule has 140 valence electrons. The van der Waals surface area contributed by atoms with Gasteiger partial charge in [0.2, 0.25) is 0 Å². The van der Waals surface area contributed by atoms with Gasteiger partial charge in [0.05, 0.1) is 20.8 Å². The van der Waals surface area contributed by atoms with Crippen molar-refractivity contribution in [1.29, 1.82) is 0 Å². The van der Waals surface area contributed by atoms with Crippen LogP contribution in [0, 0.1) is 0 Å².